The first-order chi connectivity index (χ1) is 8.69. The van der Waals surface area contributed by atoms with E-state index < -0.39 is 0 Å². The van der Waals surface area contributed by atoms with E-state index in [-0.39, 0.29) is 0 Å². The van der Waals surface area contributed by atoms with Crippen molar-refractivity contribution in [3.63, 3.8) is 0 Å². The predicted molar refractivity (Wildman–Crippen MR) is 76.3 cm³/mol. The summed E-state index contributed by atoms with van der Waals surface area (Å²) in [7, 11) is 0. The first kappa shape index (κ1) is 12.5. The molecule has 2 aromatic carbocycles. The van der Waals surface area contributed by atoms with Crippen molar-refractivity contribution in [1.82, 2.24) is 0 Å². The molecule has 0 aromatic heterocycles. The Labute approximate surface area is 111 Å². The molecule has 2 rings (SSSR count). The lowest BCUT2D eigenvalue weighted by atomic mass is 10.2. The second-order valence-electron chi connectivity index (χ2n) is 4.13. The van der Waals surface area contributed by atoms with E-state index in [1.165, 1.54) is 10.5 Å². The number of nitrogen functional groups attached to an aromatic ring is 1. The second kappa shape index (κ2) is 5.61. The van der Waals surface area contributed by atoms with Crippen LogP contribution in [0, 0.1) is 18.3 Å². The first-order valence-electron chi connectivity index (χ1n) is 5.67. The van der Waals surface area contributed by atoms with Gasteiger partial charge in [0.25, 0.3) is 0 Å². The van der Waals surface area contributed by atoms with Crippen LogP contribution in [0.1, 0.15) is 16.7 Å². The lowest BCUT2D eigenvalue weighted by Crippen LogP contribution is -1.88. The summed E-state index contributed by atoms with van der Waals surface area (Å²) in [5.74, 6) is 0.847. The number of nitriles is 1. The molecule has 0 radical (unpaired) electrons. The molecule has 2 aromatic rings. The Hall–Kier alpha value is -1.92. The molecule has 0 saturated heterocycles. The third-order valence-corrected chi connectivity index (χ3v) is 3.89. The zero-order chi connectivity index (χ0) is 13.0. The predicted octanol–water partition coefficient (Wildman–Crippen LogP) is 3.74. The monoisotopic (exact) mass is 254 g/mol. The van der Waals surface area contributed by atoms with Gasteiger partial charge in [0.1, 0.15) is 0 Å². The number of benzene rings is 2. The molecule has 18 heavy (non-hydrogen) atoms. The molecular formula is C15H14N2S. The van der Waals surface area contributed by atoms with Gasteiger partial charge < -0.3 is 5.73 Å². The minimum Gasteiger partial charge on any atom is -0.399 e. The number of hydrogen-bond donors (Lipinski definition) is 1. The molecule has 0 aliphatic heterocycles. The van der Waals surface area contributed by atoms with Gasteiger partial charge in [-0.3, -0.25) is 0 Å². The summed E-state index contributed by atoms with van der Waals surface area (Å²) in [4.78, 5) is 1.19. The summed E-state index contributed by atoms with van der Waals surface area (Å²) < 4.78 is 0. The number of anilines is 1. The molecule has 2 N–H and O–H groups in total. The summed E-state index contributed by atoms with van der Waals surface area (Å²) in [6, 6.07) is 15.8. The summed E-state index contributed by atoms with van der Waals surface area (Å²) in [6.07, 6.45) is 0. The molecule has 0 aliphatic carbocycles. The average molecular weight is 254 g/mol. The van der Waals surface area contributed by atoms with Gasteiger partial charge >= 0.3 is 0 Å². The maximum atomic E-state index is 8.85. The van der Waals surface area contributed by atoms with Gasteiger partial charge in [-0.1, -0.05) is 18.2 Å². The van der Waals surface area contributed by atoms with Gasteiger partial charge in [0.15, 0.2) is 0 Å². The quantitative estimate of drug-likeness (QED) is 0.670. The Kier molecular flexibility index (Phi) is 3.91. The van der Waals surface area contributed by atoms with Gasteiger partial charge in [0.2, 0.25) is 0 Å². The van der Waals surface area contributed by atoms with Crippen LogP contribution >= 0.6 is 11.8 Å². The van der Waals surface area contributed by atoms with Crippen LogP contribution in [0.2, 0.25) is 0 Å². The zero-order valence-corrected chi connectivity index (χ0v) is 11.0. The van der Waals surface area contributed by atoms with E-state index >= 15 is 0 Å². The molecule has 0 saturated carbocycles. The maximum Gasteiger partial charge on any atom is 0.0991 e. The Balaban J connectivity index is 2.11. The molecule has 90 valence electrons. The van der Waals surface area contributed by atoms with Crippen molar-refractivity contribution in [2.45, 2.75) is 17.6 Å². The lowest BCUT2D eigenvalue weighted by molar-refractivity contribution is 1.29. The van der Waals surface area contributed by atoms with E-state index in [9.17, 15) is 0 Å². The Morgan fingerprint density at radius 1 is 1.22 bits per heavy atom. The van der Waals surface area contributed by atoms with E-state index in [2.05, 4.69) is 13.0 Å². The highest BCUT2D eigenvalue weighted by Crippen LogP contribution is 2.27. The fourth-order valence-electron chi connectivity index (χ4n) is 1.66. The molecule has 0 unspecified atom stereocenters. The van der Waals surface area contributed by atoms with E-state index in [0.717, 1.165) is 17.0 Å². The van der Waals surface area contributed by atoms with Gasteiger partial charge in [0, 0.05) is 16.3 Å². The molecule has 0 fully saturated rings. The summed E-state index contributed by atoms with van der Waals surface area (Å²) >= 11 is 1.74. The molecule has 2 nitrogen and oxygen atoms in total. The van der Waals surface area contributed by atoms with Crippen molar-refractivity contribution < 1.29 is 0 Å². The number of nitrogens with two attached hydrogens (primary N) is 1. The van der Waals surface area contributed by atoms with Crippen molar-refractivity contribution in [3.05, 3.63) is 59.2 Å². The highest BCUT2D eigenvalue weighted by molar-refractivity contribution is 7.98. The standard InChI is InChI=1S/C15H14N2S/c1-11-5-6-14(17)8-15(11)18-10-13-4-2-3-12(7-13)9-16/h2-8H,10,17H2,1H3. The Morgan fingerprint density at radius 3 is 2.83 bits per heavy atom. The number of nitrogens with zero attached hydrogens (tertiary/aromatic N) is 1. The van der Waals surface area contributed by atoms with Crippen LogP contribution in [0.3, 0.4) is 0 Å². The fraction of sp³-hybridized carbons (Fsp3) is 0.133. The minimum atomic E-state index is 0.706. The largest absolute Gasteiger partial charge is 0.399 e. The van der Waals surface area contributed by atoms with Crippen LogP contribution in [-0.2, 0) is 5.75 Å². The number of thioether (sulfide) groups is 1. The normalized spacial score (nSPS) is 10.0. The van der Waals surface area contributed by atoms with Crippen LogP contribution < -0.4 is 5.73 Å². The molecule has 0 bridgehead atoms. The van der Waals surface area contributed by atoms with E-state index in [0.29, 0.717) is 5.56 Å². The van der Waals surface area contributed by atoms with Crippen LogP contribution in [0.4, 0.5) is 5.69 Å². The van der Waals surface area contributed by atoms with Crippen LogP contribution in [0.15, 0.2) is 47.4 Å². The van der Waals surface area contributed by atoms with Crippen LogP contribution in [0.5, 0.6) is 0 Å². The molecule has 0 heterocycles. The van der Waals surface area contributed by atoms with Crippen molar-refractivity contribution in [2.24, 2.45) is 0 Å². The van der Waals surface area contributed by atoms with Crippen molar-refractivity contribution >= 4 is 17.4 Å². The summed E-state index contributed by atoms with van der Waals surface area (Å²) in [6.45, 7) is 2.08. The maximum absolute atomic E-state index is 8.85. The van der Waals surface area contributed by atoms with E-state index in [4.69, 9.17) is 11.0 Å². The van der Waals surface area contributed by atoms with Gasteiger partial charge in [-0.2, -0.15) is 5.26 Å². The number of hydrogen-bond acceptors (Lipinski definition) is 3. The molecule has 0 atom stereocenters. The van der Waals surface area contributed by atoms with E-state index in [1.807, 2.05) is 42.5 Å². The summed E-state index contributed by atoms with van der Waals surface area (Å²) in [5.41, 5.74) is 9.66. The lowest BCUT2D eigenvalue weighted by Gasteiger charge is -2.07. The third-order valence-electron chi connectivity index (χ3n) is 2.66. The van der Waals surface area contributed by atoms with Gasteiger partial charge in [-0.15, -0.1) is 11.8 Å². The van der Waals surface area contributed by atoms with Gasteiger partial charge in [-0.25, -0.2) is 0 Å². The van der Waals surface area contributed by atoms with Gasteiger partial charge in [0.05, 0.1) is 11.6 Å². The van der Waals surface area contributed by atoms with Crippen molar-refractivity contribution in [1.29, 1.82) is 5.26 Å². The van der Waals surface area contributed by atoms with Crippen molar-refractivity contribution in [2.75, 3.05) is 5.73 Å². The fourth-order valence-corrected chi connectivity index (χ4v) is 2.68. The molecule has 0 aliphatic rings. The zero-order valence-electron chi connectivity index (χ0n) is 10.2. The highest BCUT2D eigenvalue weighted by atomic mass is 32.2. The topological polar surface area (TPSA) is 49.8 Å². The third kappa shape index (κ3) is 3.06. The second-order valence-corrected chi connectivity index (χ2v) is 5.14. The molecular weight excluding hydrogens is 240 g/mol. The summed E-state index contributed by atoms with van der Waals surface area (Å²) in [5, 5.41) is 8.85. The van der Waals surface area contributed by atoms with Crippen LogP contribution in [0.25, 0.3) is 0 Å². The van der Waals surface area contributed by atoms with Gasteiger partial charge in [-0.05, 0) is 42.3 Å². The Morgan fingerprint density at radius 2 is 2.06 bits per heavy atom. The SMILES string of the molecule is Cc1ccc(N)cc1SCc1cccc(C#N)c1. The average Bonchev–Trinajstić information content (AvgIpc) is 2.40. The number of aryl methyl sites for hydroxylation is 1. The molecule has 0 amide bonds. The molecule has 0 spiro atoms. The highest BCUT2D eigenvalue weighted by Gasteiger charge is 2.01. The number of rotatable bonds is 3. The van der Waals surface area contributed by atoms with E-state index in [1.54, 1.807) is 11.8 Å². The Bertz CT molecular complexity index is 600. The minimum absolute atomic E-state index is 0.706. The van der Waals surface area contributed by atoms with Crippen LogP contribution in [-0.4, -0.2) is 0 Å². The molecule has 3 heteroatoms. The smallest absolute Gasteiger partial charge is 0.0991 e. The first-order valence-corrected chi connectivity index (χ1v) is 6.65. The van der Waals surface area contributed by atoms with Crippen molar-refractivity contribution in [3.8, 4) is 6.07 Å².